The molecule has 366 valence electrons. The first-order chi connectivity index (χ1) is 26.2. The van der Waals surface area contributed by atoms with Crippen LogP contribution in [-0.2, 0) is 66.6 Å². The summed E-state index contributed by atoms with van der Waals surface area (Å²) in [7, 11) is 3.34. The average Bonchev–Trinajstić information content (AvgIpc) is 3.20. The number of hydrogen-bond donors (Lipinski definition) is 2. The molecule has 0 aromatic heterocycles. The van der Waals surface area contributed by atoms with E-state index in [1.807, 2.05) is 0 Å². The topological polar surface area (TPSA) is 133 Å². The van der Waals surface area contributed by atoms with Crippen LogP contribution in [0.3, 0.4) is 0 Å². The summed E-state index contributed by atoms with van der Waals surface area (Å²) in [5.74, 6) is -1.17. The third-order valence-corrected chi connectivity index (χ3v) is 9.13. The molecule has 35 heteroatoms. The molecule has 0 saturated heterocycles. The van der Waals surface area contributed by atoms with Gasteiger partial charge in [-0.1, -0.05) is 39.9 Å². The maximum atomic E-state index is 12.7. The van der Waals surface area contributed by atoms with Crippen molar-refractivity contribution in [3.8, 4) is 0 Å². The third-order valence-electron chi connectivity index (χ3n) is 5.04. The molecule has 0 aliphatic carbocycles. The van der Waals surface area contributed by atoms with Gasteiger partial charge in [0.1, 0.15) is 6.08 Å². The van der Waals surface area contributed by atoms with Crippen LogP contribution in [0.1, 0.15) is 0 Å². The van der Waals surface area contributed by atoms with Gasteiger partial charge in [-0.25, -0.2) is 50.2 Å². The van der Waals surface area contributed by atoms with Gasteiger partial charge in [-0.05, 0) is 11.1 Å². The fraction of sp³-hybridized carbons (Fsp3) is 0.643. The molecule has 0 fully saturated rings. The number of aliphatic hydroxyl groups excluding tert-OH is 2. The zero-order valence-electron chi connectivity index (χ0n) is 34.8. The summed E-state index contributed by atoms with van der Waals surface area (Å²) in [6.45, 7) is -1.50. The van der Waals surface area contributed by atoms with Gasteiger partial charge < -0.3 is 77.7 Å². The summed E-state index contributed by atoms with van der Waals surface area (Å²) < 4.78 is 221. The Morgan fingerprint density at radius 3 is 1.00 bits per heavy atom. The fourth-order valence-corrected chi connectivity index (χ4v) is 4.90. The molecular weight excluding hydrogens is 2400 g/mol. The minimum absolute atomic E-state index is 0. The first-order valence-electron chi connectivity index (χ1n) is 14.4. The summed E-state index contributed by atoms with van der Waals surface area (Å²) in [6.07, 6.45) is -19.0. The molecule has 0 aliphatic heterocycles. The quantitative estimate of drug-likeness (QED) is 0.0416. The van der Waals surface area contributed by atoms with Crippen molar-refractivity contribution in [3.63, 3.8) is 0 Å². The molecule has 0 unspecified atom stereocenters. The number of hydrogen-bond acceptors (Lipinski definition) is 12. The van der Waals surface area contributed by atoms with Crippen LogP contribution in [0.2, 0.25) is 6.04 Å². The Balaban J connectivity index is -0.0000000655. The van der Waals surface area contributed by atoms with Crippen molar-refractivity contribution in [1.29, 1.82) is 0 Å². The predicted octanol–water partition coefficient (Wildman–Crippen LogP) is 6.65. The Morgan fingerprint density at radius 1 is 0.587 bits per heavy atom. The van der Waals surface area contributed by atoms with Crippen LogP contribution in [0, 0.1) is 38.9 Å². The van der Waals surface area contributed by atoms with Gasteiger partial charge in [0.25, 0.3) is 24.4 Å². The molecule has 0 aliphatic rings. The smallest absolute Gasteiger partial charge is 0.453 e. The van der Waals surface area contributed by atoms with Crippen molar-refractivity contribution in [2.75, 3.05) is 82.3 Å². The SMILES string of the molecule is C=C(CO)CO.C=C(COC(F)(F)[CH-]F)COC(F)(F)[CH-]F.CO[SiH](OC)OC.CO[Si](CC(COC(F)(F)[CH-]F)COC(F)(F)[CH-]F)(OC)OC.F[C-]=C(F)F.[Pt].[Rf].[Rf].[Rf].[Rf].[Rf]. The van der Waals surface area contributed by atoms with Gasteiger partial charge in [0, 0.05) is 75.7 Å². The summed E-state index contributed by atoms with van der Waals surface area (Å²) >= 11 is 0. The molecule has 0 spiro atoms. The Bertz CT molecular complexity index is 986. The van der Waals surface area contributed by atoms with Crippen LogP contribution in [0.5, 0.6) is 0 Å². The monoisotopic (exact) mass is 2440 g/mol. The number of halogens is 15. The van der Waals surface area contributed by atoms with Gasteiger partial charge in [0.2, 0.25) is 0 Å². The second kappa shape index (κ2) is 45.3. The van der Waals surface area contributed by atoms with Gasteiger partial charge in [-0.2, -0.15) is 0 Å². The standard InChI is InChI=1S/C11H18F6O5Si.C8H8F6O2.C4H8O2.C3H10O3Si.C2F3.Pt.5Rf/c1-18-23(19-2,20-3)6-9(4-21-10(14,15)7-12)5-22-11(16,17)8-13;1-6(2-15-7(11,12)4-9)3-16-8(13,14)5-10;1-4(2-5)3-6;1-4-7(5-2)6-3;3-1-2(4)5;;;;;;/h7-9H,4-6H2,1-3H3;4-5H,1-3H2;5-6H,1-3H2;7H,1-3H3;;;;;;;/q2*-2;;;-1;;;;;;. The molecule has 0 heterocycles. The fourth-order valence-electron chi connectivity index (χ4n) is 2.38. The summed E-state index contributed by atoms with van der Waals surface area (Å²) in [5.41, 5.74) is 0.123. The molecule has 0 amide bonds. The molecule has 0 radical (unpaired) electrons. The van der Waals surface area contributed by atoms with Crippen molar-refractivity contribution >= 4 is 18.3 Å². The number of aliphatic hydroxyl groups is 2. The van der Waals surface area contributed by atoms with E-state index in [1.54, 1.807) is 21.3 Å². The van der Waals surface area contributed by atoms with E-state index in [0.29, 0.717) is 5.57 Å². The van der Waals surface area contributed by atoms with E-state index in [4.69, 9.17) is 36.8 Å². The molecule has 63 heavy (non-hydrogen) atoms. The van der Waals surface area contributed by atoms with Gasteiger partial charge in [-0.3, -0.25) is 0 Å². The number of ether oxygens (including phenoxy) is 4. The van der Waals surface area contributed by atoms with Crippen molar-refractivity contribution < 1.29 is 143 Å². The first kappa shape index (κ1) is 84.3. The summed E-state index contributed by atoms with van der Waals surface area (Å²) in [6, 6.07) is -0.263. The minimum Gasteiger partial charge on any atom is -0.453 e. The molecule has 2 N–H and O–H groups in total. The Kier molecular flexibility index (Phi) is 60.7. The Morgan fingerprint density at radius 2 is 0.841 bits per heavy atom. The van der Waals surface area contributed by atoms with Crippen LogP contribution >= 0.6 is 0 Å². The maximum absolute atomic E-state index is 12.7. The van der Waals surface area contributed by atoms with E-state index in [2.05, 4.69) is 32.1 Å². The molecule has 0 aromatic carbocycles. The average molecular weight is 2440 g/mol. The van der Waals surface area contributed by atoms with Gasteiger partial charge in [-0.15, -0.1) is 0 Å². The van der Waals surface area contributed by atoms with Gasteiger partial charge in [0.05, 0.1) is 39.6 Å². The normalized spacial score (nSPS) is 10.8. The van der Waals surface area contributed by atoms with Crippen LogP contribution in [0.25, 0.3) is 0 Å². The van der Waals surface area contributed by atoms with Crippen LogP contribution < -0.4 is 0 Å². The van der Waals surface area contributed by atoms with Gasteiger partial charge >= 0.3 is 18.3 Å². The molecular formula is C28H44F15O12PtRf5Si2-5. The molecule has 0 atom stereocenters. The van der Waals surface area contributed by atoms with Crippen molar-refractivity contribution in [3.05, 3.63) is 63.4 Å². The van der Waals surface area contributed by atoms with Crippen molar-refractivity contribution in [1.82, 2.24) is 0 Å². The molecule has 0 aromatic rings. The number of rotatable bonds is 26. The number of alkyl halides is 8. The van der Waals surface area contributed by atoms with E-state index in [0.717, 1.165) is 0 Å². The first-order valence-corrected chi connectivity index (χ1v) is 17.8. The molecule has 0 rings (SSSR count). The second-order valence-corrected chi connectivity index (χ2v) is 14.4. The zero-order chi connectivity index (χ0) is 45.9. The van der Waals surface area contributed by atoms with Crippen LogP contribution in [0.4, 0.5) is 65.9 Å². The Labute approximate surface area is 342 Å². The van der Waals surface area contributed by atoms with E-state index in [-0.39, 0.29) is 52.2 Å². The maximum Gasteiger partial charge on any atom is 0.500 e. The predicted molar refractivity (Wildman–Crippen MR) is 171 cm³/mol. The summed E-state index contributed by atoms with van der Waals surface area (Å²) in [5, 5.41) is 16.2. The molecule has 12 nitrogen and oxygen atoms in total. The van der Waals surface area contributed by atoms with E-state index >= 15 is 0 Å². The van der Waals surface area contributed by atoms with Crippen LogP contribution in [0.15, 0.2) is 30.4 Å². The van der Waals surface area contributed by atoms with E-state index in [1.165, 1.54) is 21.3 Å². The molecule has 0 saturated carbocycles. The van der Waals surface area contributed by atoms with Gasteiger partial charge in [0.15, 0.2) is 0 Å². The van der Waals surface area contributed by atoms with Crippen molar-refractivity contribution in [2.24, 2.45) is 5.92 Å². The zero-order valence-corrected chi connectivity index (χ0v) is 71.2. The van der Waals surface area contributed by atoms with E-state index in [9.17, 15) is 65.9 Å². The summed E-state index contributed by atoms with van der Waals surface area (Å²) in [4.78, 5) is 0. The largest absolute Gasteiger partial charge is 0.500 e. The minimum atomic E-state index is -4.20. The Hall–Kier alpha value is -6.19. The molecule has 0 bridgehead atoms. The third kappa shape index (κ3) is 51.9. The van der Waals surface area contributed by atoms with Crippen LogP contribution in [-0.4, -0.2) is 135 Å². The van der Waals surface area contributed by atoms with Crippen molar-refractivity contribution in [2.45, 2.75) is 30.5 Å². The van der Waals surface area contributed by atoms with E-state index < -0.39 is 108 Å². The second-order valence-electron chi connectivity index (χ2n) is 9.42.